The van der Waals surface area contributed by atoms with E-state index in [1.54, 1.807) is 36.4 Å². The highest BCUT2D eigenvalue weighted by molar-refractivity contribution is 6.06. The van der Waals surface area contributed by atoms with Crippen molar-refractivity contribution in [3.8, 4) is 17.1 Å². The van der Waals surface area contributed by atoms with E-state index >= 15 is 0 Å². The number of benzene rings is 2. The van der Waals surface area contributed by atoms with Crippen molar-refractivity contribution in [2.45, 2.75) is 6.92 Å². The number of aryl methyl sites for hydroxylation is 1. The van der Waals surface area contributed by atoms with E-state index in [9.17, 15) is 9.59 Å². The molecule has 0 unspecified atom stereocenters. The maximum Gasteiger partial charge on any atom is 0.349 e. The molecule has 2 aromatic carbocycles. The largest absolute Gasteiger partial charge is 0.480 e. The highest BCUT2D eigenvalue weighted by Gasteiger charge is 2.15. The van der Waals surface area contributed by atoms with Crippen molar-refractivity contribution in [1.29, 1.82) is 0 Å². The number of aromatic nitrogens is 2. The van der Waals surface area contributed by atoms with Crippen molar-refractivity contribution in [1.82, 2.24) is 10.2 Å². The van der Waals surface area contributed by atoms with Crippen LogP contribution in [0, 0.1) is 6.92 Å². The number of anilines is 1. The molecule has 0 spiro atoms. The number of para-hydroxylation sites is 1. The molecule has 0 atom stereocenters. The molecule has 1 N–H and O–H groups in total. The number of nitrogens with one attached hydrogen (secondary N) is 1. The van der Waals surface area contributed by atoms with Crippen LogP contribution in [0.15, 0.2) is 69.9 Å². The van der Waals surface area contributed by atoms with E-state index in [4.69, 9.17) is 9.15 Å². The number of nitrogens with zero attached hydrogens (tertiary/aromatic N) is 2. The van der Waals surface area contributed by atoms with Crippen molar-refractivity contribution in [2.24, 2.45) is 0 Å². The van der Waals surface area contributed by atoms with Crippen LogP contribution in [0.3, 0.4) is 0 Å². The fraction of sp³-hybridized carbons (Fsp3) is 0.0909. The van der Waals surface area contributed by atoms with Crippen molar-refractivity contribution in [3.05, 3.63) is 82.2 Å². The zero-order chi connectivity index (χ0) is 20.4. The molecule has 0 radical (unpaired) electrons. The van der Waals surface area contributed by atoms with Gasteiger partial charge < -0.3 is 14.5 Å². The summed E-state index contributed by atoms with van der Waals surface area (Å²) in [5.41, 5.74) is 2.50. The molecule has 7 nitrogen and oxygen atoms in total. The van der Waals surface area contributed by atoms with Gasteiger partial charge in [0.25, 0.3) is 5.91 Å². The number of ether oxygens (including phenoxy) is 1. The number of hydrogen-bond acceptors (Lipinski definition) is 6. The van der Waals surface area contributed by atoms with Crippen molar-refractivity contribution in [2.75, 3.05) is 12.4 Å². The van der Waals surface area contributed by atoms with E-state index in [0.29, 0.717) is 28.2 Å². The second kappa shape index (κ2) is 7.55. The summed E-state index contributed by atoms with van der Waals surface area (Å²) in [6, 6.07) is 17.6. The van der Waals surface area contributed by atoms with Gasteiger partial charge in [-0.1, -0.05) is 30.3 Å². The Labute approximate surface area is 166 Å². The number of carbonyl (C=O) groups excluding carboxylic acids is 1. The molecule has 4 rings (SSSR count). The molecule has 0 fully saturated rings. The molecule has 0 aliphatic rings. The van der Waals surface area contributed by atoms with Crippen molar-refractivity contribution >= 4 is 22.6 Å². The van der Waals surface area contributed by atoms with E-state index in [0.717, 1.165) is 11.1 Å². The predicted octanol–water partition coefficient (Wildman–Crippen LogP) is 3.82. The summed E-state index contributed by atoms with van der Waals surface area (Å²) < 4.78 is 10.3. The Kier molecular flexibility index (Phi) is 4.78. The first-order valence-electron chi connectivity index (χ1n) is 8.88. The van der Waals surface area contributed by atoms with Crippen LogP contribution in [0.25, 0.3) is 22.2 Å². The van der Waals surface area contributed by atoms with Crippen molar-refractivity contribution in [3.63, 3.8) is 0 Å². The molecule has 0 saturated carbocycles. The summed E-state index contributed by atoms with van der Waals surface area (Å²) in [4.78, 5) is 25.0. The molecule has 0 aliphatic heterocycles. The van der Waals surface area contributed by atoms with Gasteiger partial charge in [-0.2, -0.15) is 0 Å². The minimum absolute atomic E-state index is 0.0576. The molecule has 2 aromatic heterocycles. The molecule has 0 bridgehead atoms. The van der Waals surface area contributed by atoms with Crippen LogP contribution < -0.4 is 15.7 Å². The van der Waals surface area contributed by atoms with Crippen molar-refractivity contribution < 1.29 is 13.9 Å². The monoisotopic (exact) mass is 387 g/mol. The lowest BCUT2D eigenvalue weighted by Crippen LogP contribution is -2.21. The summed E-state index contributed by atoms with van der Waals surface area (Å²) in [5, 5.41) is 11.6. The maximum absolute atomic E-state index is 12.7. The maximum atomic E-state index is 12.7. The number of amides is 1. The van der Waals surface area contributed by atoms with E-state index in [1.165, 1.54) is 13.2 Å². The van der Waals surface area contributed by atoms with Crippen LogP contribution >= 0.6 is 0 Å². The van der Waals surface area contributed by atoms with Crippen LogP contribution in [0.4, 0.5) is 5.69 Å². The van der Waals surface area contributed by atoms with E-state index < -0.39 is 11.5 Å². The molecule has 2 heterocycles. The third kappa shape index (κ3) is 3.70. The number of methoxy groups -OCH3 is 1. The van der Waals surface area contributed by atoms with Crippen LogP contribution in [0.5, 0.6) is 5.88 Å². The highest BCUT2D eigenvalue weighted by Crippen LogP contribution is 2.25. The van der Waals surface area contributed by atoms with Gasteiger partial charge in [0.1, 0.15) is 11.1 Å². The van der Waals surface area contributed by atoms with Crippen LogP contribution in [0.1, 0.15) is 15.9 Å². The Morgan fingerprint density at radius 3 is 2.62 bits per heavy atom. The second-order valence-electron chi connectivity index (χ2n) is 6.43. The average Bonchev–Trinajstić information content (AvgIpc) is 2.74. The summed E-state index contributed by atoms with van der Waals surface area (Å²) in [5.74, 6) is -0.122. The topological polar surface area (TPSA) is 94.3 Å². The standard InChI is InChI=1S/C22H17N3O4/c1-13-7-8-14(17-9-10-20(28-2)25-24-17)12-18(13)23-21(26)16-11-15-5-3-4-6-19(15)29-22(16)27/h3-12H,1-2H3,(H,23,26). The van der Waals surface area contributed by atoms with E-state index in [1.807, 2.05) is 25.1 Å². The molecule has 0 saturated heterocycles. The minimum atomic E-state index is -0.684. The molecule has 1 amide bonds. The molecule has 4 aromatic rings. The zero-order valence-electron chi connectivity index (χ0n) is 15.8. The zero-order valence-corrected chi connectivity index (χ0v) is 15.8. The fourth-order valence-electron chi connectivity index (χ4n) is 2.91. The summed E-state index contributed by atoms with van der Waals surface area (Å²) >= 11 is 0. The van der Waals surface area contributed by atoms with Crippen LogP contribution in [-0.4, -0.2) is 23.2 Å². The smallest absolute Gasteiger partial charge is 0.349 e. The van der Waals surface area contributed by atoms with Crippen LogP contribution in [-0.2, 0) is 0 Å². The number of rotatable bonds is 4. The van der Waals surface area contributed by atoms with Gasteiger partial charge in [0.05, 0.1) is 12.8 Å². The third-order valence-electron chi connectivity index (χ3n) is 4.52. The number of carbonyl (C=O) groups is 1. The predicted molar refractivity (Wildman–Crippen MR) is 109 cm³/mol. The molecular weight excluding hydrogens is 370 g/mol. The molecular formula is C22H17N3O4. The number of hydrogen-bond donors (Lipinski definition) is 1. The molecule has 0 aliphatic carbocycles. The first kappa shape index (κ1) is 18.4. The molecule has 7 heteroatoms. The van der Waals surface area contributed by atoms with Gasteiger partial charge in [0.15, 0.2) is 0 Å². The minimum Gasteiger partial charge on any atom is -0.480 e. The second-order valence-corrected chi connectivity index (χ2v) is 6.43. The Morgan fingerprint density at radius 1 is 1.03 bits per heavy atom. The Morgan fingerprint density at radius 2 is 1.86 bits per heavy atom. The Hall–Kier alpha value is -4.00. The quantitative estimate of drug-likeness (QED) is 0.535. The fourth-order valence-corrected chi connectivity index (χ4v) is 2.91. The first-order valence-corrected chi connectivity index (χ1v) is 8.88. The highest BCUT2D eigenvalue weighted by atomic mass is 16.5. The van der Waals surface area contributed by atoms with Gasteiger partial charge >= 0.3 is 5.63 Å². The first-order chi connectivity index (χ1) is 14.0. The van der Waals surface area contributed by atoms with Crippen LogP contribution in [0.2, 0.25) is 0 Å². The average molecular weight is 387 g/mol. The molecule has 29 heavy (non-hydrogen) atoms. The molecule has 144 valence electrons. The SMILES string of the molecule is COc1ccc(-c2ccc(C)c(NC(=O)c3cc4ccccc4oc3=O)c2)nn1. The van der Waals surface area contributed by atoms with Gasteiger partial charge in [-0.3, -0.25) is 4.79 Å². The Balaban J connectivity index is 1.66. The third-order valence-corrected chi connectivity index (χ3v) is 4.52. The van der Waals surface area contributed by atoms with Gasteiger partial charge in [0.2, 0.25) is 5.88 Å². The van der Waals surface area contributed by atoms with Gasteiger partial charge in [-0.05, 0) is 36.8 Å². The lowest BCUT2D eigenvalue weighted by Gasteiger charge is -2.10. The lowest BCUT2D eigenvalue weighted by atomic mass is 10.1. The van der Waals surface area contributed by atoms with E-state index in [-0.39, 0.29) is 5.56 Å². The van der Waals surface area contributed by atoms with Gasteiger partial charge in [0, 0.05) is 22.7 Å². The van der Waals surface area contributed by atoms with Gasteiger partial charge in [-0.25, -0.2) is 4.79 Å². The summed E-state index contributed by atoms with van der Waals surface area (Å²) in [7, 11) is 1.52. The normalized spacial score (nSPS) is 10.7. The lowest BCUT2D eigenvalue weighted by molar-refractivity contribution is 0.102. The summed E-state index contributed by atoms with van der Waals surface area (Å²) in [6.45, 7) is 1.86. The van der Waals surface area contributed by atoms with E-state index in [2.05, 4.69) is 15.5 Å². The number of fused-ring (bicyclic) bond motifs is 1. The summed E-state index contributed by atoms with van der Waals surface area (Å²) in [6.07, 6.45) is 0. The van der Waals surface area contributed by atoms with Gasteiger partial charge in [-0.15, -0.1) is 10.2 Å². The Bertz CT molecular complexity index is 1260.